The van der Waals surface area contributed by atoms with E-state index in [0.717, 1.165) is 17.5 Å². The summed E-state index contributed by atoms with van der Waals surface area (Å²) in [7, 11) is 1.91. The van der Waals surface area contributed by atoms with Crippen molar-refractivity contribution >= 4 is 0 Å². The molecular weight excluding hydrogens is 361 g/mol. The summed E-state index contributed by atoms with van der Waals surface area (Å²) in [6, 6.07) is 4.78. The molecule has 0 aliphatic carbocycles. The third kappa shape index (κ3) is 4.51. The molecule has 3 heterocycles. The predicted molar refractivity (Wildman–Crippen MR) is 90.6 cm³/mol. The Morgan fingerprint density at radius 1 is 1.15 bits per heavy atom. The highest BCUT2D eigenvalue weighted by molar-refractivity contribution is 5.48. The molecule has 0 spiro atoms. The molecule has 0 amide bonds. The third-order valence-corrected chi connectivity index (χ3v) is 4.05. The average molecular weight is 380 g/mol. The van der Waals surface area contributed by atoms with Crippen molar-refractivity contribution in [1.82, 2.24) is 30.0 Å². The van der Waals surface area contributed by atoms with Gasteiger partial charge in [-0.1, -0.05) is 0 Å². The summed E-state index contributed by atoms with van der Waals surface area (Å²) in [6.45, 7) is 4.16. The zero-order valence-corrected chi connectivity index (χ0v) is 15.1. The fraction of sp³-hybridized carbons (Fsp3) is 0.412. The topological polar surface area (TPSA) is 81.7 Å². The number of hydrogen-bond acceptors (Lipinski definition) is 6. The molecule has 0 atom stereocenters. The van der Waals surface area contributed by atoms with Gasteiger partial charge in [-0.15, -0.1) is 10.2 Å². The van der Waals surface area contributed by atoms with E-state index in [1.807, 2.05) is 30.7 Å². The van der Waals surface area contributed by atoms with Gasteiger partial charge in [-0.05, 0) is 32.0 Å². The largest absolute Gasteiger partial charge is 0.433 e. The van der Waals surface area contributed by atoms with E-state index >= 15 is 0 Å². The lowest BCUT2D eigenvalue weighted by molar-refractivity contribution is -0.141. The molecule has 3 aromatic rings. The van der Waals surface area contributed by atoms with Gasteiger partial charge in [0.2, 0.25) is 5.89 Å². The number of aromatic nitrogens is 5. The quantitative estimate of drug-likeness (QED) is 0.663. The Labute approximate surface area is 153 Å². The van der Waals surface area contributed by atoms with E-state index in [1.165, 1.54) is 6.92 Å². The van der Waals surface area contributed by atoms with Gasteiger partial charge in [-0.3, -0.25) is 0 Å². The van der Waals surface area contributed by atoms with Crippen LogP contribution in [0, 0.1) is 13.8 Å². The van der Waals surface area contributed by atoms with Crippen LogP contribution < -0.4 is 5.32 Å². The molecule has 3 aromatic heterocycles. The lowest BCUT2D eigenvalue weighted by atomic mass is 10.3. The number of aryl methyl sites for hydroxylation is 2. The van der Waals surface area contributed by atoms with Crippen LogP contribution in [0.2, 0.25) is 0 Å². The molecule has 3 rings (SSSR count). The number of nitrogens with zero attached hydrogens (tertiary/aromatic N) is 5. The number of hydrogen-bond donors (Lipinski definition) is 1. The van der Waals surface area contributed by atoms with E-state index in [-0.39, 0.29) is 17.9 Å². The number of halogens is 3. The predicted octanol–water partition coefficient (Wildman–Crippen LogP) is 2.83. The first-order chi connectivity index (χ1) is 12.7. The first-order valence-electron chi connectivity index (χ1n) is 8.31. The molecule has 27 heavy (non-hydrogen) atoms. The lowest BCUT2D eigenvalue weighted by Gasteiger charge is -2.09. The van der Waals surface area contributed by atoms with Crippen LogP contribution in [0.5, 0.6) is 0 Å². The molecule has 0 fully saturated rings. The van der Waals surface area contributed by atoms with Crippen molar-refractivity contribution in [3.8, 4) is 11.6 Å². The fourth-order valence-electron chi connectivity index (χ4n) is 2.54. The summed E-state index contributed by atoms with van der Waals surface area (Å²) < 4.78 is 45.9. The lowest BCUT2D eigenvalue weighted by Crippen LogP contribution is -2.19. The first kappa shape index (κ1) is 19.0. The van der Waals surface area contributed by atoms with Gasteiger partial charge in [-0.25, -0.2) is 9.97 Å². The normalized spacial score (nSPS) is 11.9. The minimum atomic E-state index is -4.48. The number of alkyl halides is 3. The van der Waals surface area contributed by atoms with Crippen LogP contribution in [0.25, 0.3) is 11.6 Å². The molecule has 0 radical (unpaired) electrons. The van der Waals surface area contributed by atoms with Gasteiger partial charge < -0.3 is 14.3 Å². The molecule has 10 heteroatoms. The van der Waals surface area contributed by atoms with Gasteiger partial charge in [0, 0.05) is 31.4 Å². The second-order valence-corrected chi connectivity index (χ2v) is 6.16. The van der Waals surface area contributed by atoms with Crippen molar-refractivity contribution in [3.05, 3.63) is 47.0 Å². The van der Waals surface area contributed by atoms with E-state index < -0.39 is 11.9 Å². The highest BCUT2D eigenvalue weighted by atomic mass is 19.4. The van der Waals surface area contributed by atoms with E-state index in [4.69, 9.17) is 4.42 Å². The summed E-state index contributed by atoms with van der Waals surface area (Å²) in [5.41, 5.74) is 1.24. The van der Waals surface area contributed by atoms with Crippen molar-refractivity contribution in [2.24, 2.45) is 7.05 Å². The minimum absolute atomic E-state index is 0.139. The standard InChI is InChI=1S/C17H19F3N6O/c1-10-8-13(17(18,19)20)23-14(22-10)6-7-21-9-15-24-25-16(27-15)12-5-4-11(2)26(12)3/h4-5,8,21H,6-7,9H2,1-3H3. The number of nitrogens with one attached hydrogen (secondary N) is 1. The van der Waals surface area contributed by atoms with Gasteiger partial charge in [-0.2, -0.15) is 13.2 Å². The van der Waals surface area contributed by atoms with Crippen LogP contribution >= 0.6 is 0 Å². The van der Waals surface area contributed by atoms with Gasteiger partial charge in [0.05, 0.1) is 6.54 Å². The minimum Gasteiger partial charge on any atom is -0.418 e. The van der Waals surface area contributed by atoms with Crippen molar-refractivity contribution in [3.63, 3.8) is 0 Å². The van der Waals surface area contributed by atoms with Crippen LogP contribution in [-0.2, 0) is 26.2 Å². The molecule has 0 saturated carbocycles. The average Bonchev–Trinajstić information content (AvgIpc) is 3.18. The zero-order chi connectivity index (χ0) is 19.6. The van der Waals surface area contributed by atoms with Crippen molar-refractivity contribution in [2.45, 2.75) is 33.0 Å². The third-order valence-electron chi connectivity index (χ3n) is 4.05. The van der Waals surface area contributed by atoms with Gasteiger partial charge >= 0.3 is 6.18 Å². The van der Waals surface area contributed by atoms with Crippen LogP contribution in [0.15, 0.2) is 22.6 Å². The molecule has 1 N–H and O–H groups in total. The van der Waals surface area contributed by atoms with Crippen LogP contribution in [0.1, 0.15) is 28.8 Å². The molecule has 0 saturated heterocycles. The van der Waals surface area contributed by atoms with E-state index in [2.05, 4.69) is 25.5 Å². The summed E-state index contributed by atoms with van der Waals surface area (Å²) in [5, 5.41) is 11.0. The maximum Gasteiger partial charge on any atom is 0.433 e. The smallest absolute Gasteiger partial charge is 0.418 e. The molecular formula is C17H19F3N6O. The van der Waals surface area contributed by atoms with Crippen molar-refractivity contribution < 1.29 is 17.6 Å². The Morgan fingerprint density at radius 2 is 1.93 bits per heavy atom. The van der Waals surface area contributed by atoms with Crippen LogP contribution in [0.3, 0.4) is 0 Å². The Morgan fingerprint density at radius 3 is 2.59 bits per heavy atom. The van der Waals surface area contributed by atoms with Gasteiger partial charge in [0.25, 0.3) is 5.89 Å². The van der Waals surface area contributed by atoms with E-state index in [9.17, 15) is 13.2 Å². The summed E-state index contributed by atoms with van der Waals surface area (Å²) >= 11 is 0. The summed E-state index contributed by atoms with van der Waals surface area (Å²) in [5.74, 6) is 0.949. The SMILES string of the molecule is Cc1cc(C(F)(F)F)nc(CCNCc2nnc(-c3ccc(C)n3C)o2)n1. The maximum atomic E-state index is 12.8. The van der Waals surface area contributed by atoms with Crippen LogP contribution in [0.4, 0.5) is 13.2 Å². The van der Waals surface area contributed by atoms with Crippen molar-refractivity contribution in [2.75, 3.05) is 6.54 Å². The Bertz CT molecular complexity index is 931. The van der Waals surface area contributed by atoms with Crippen molar-refractivity contribution in [1.29, 1.82) is 0 Å². The van der Waals surface area contributed by atoms with Crippen LogP contribution in [-0.4, -0.2) is 31.3 Å². The Hall–Kier alpha value is -2.75. The maximum absolute atomic E-state index is 12.8. The Kier molecular flexibility index (Phi) is 5.26. The molecule has 0 bridgehead atoms. The zero-order valence-electron chi connectivity index (χ0n) is 15.1. The second-order valence-electron chi connectivity index (χ2n) is 6.16. The molecule has 0 aliphatic rings. The highest BCUT2D eigenvalue weighted by Gasteiger charge is 2.33. The molecule has 0 aromatic carbocycles. The van der Waals surface area contributed by atoms with E-state index in [1.54, 1.807) is 0 Å². The molecule has 144 valence electrons. The fourth-order valence-corrected chi connectivity index (χ4v) is 2.54. The van der Waals surface area contributed by atoms with E-state index in [0.29, 0.717) is 24.9 Å². The molecule has 0 aliphatic heterocycles. The monoisotopic (exact) mass is 380 g/mol. The van der Waals surface area contributed by atoms with Gasteiger partial charge in [0.1, 0.15) is 17.2 Å². The molecule has 7 nitrogen and oxygen atoms in total. The second kappa shape index (κ2) is 7.47. The molecule has 0 unspecified atom stereocenters. The summed E-state index contributed by atoms with van der Waals surface area (Å²) in [4.78, 5) is 7.62. The number of rotatable bonds is 6. The summed E-state index contributed by atoms with van der Waals surface area (Å²) in [6.07, 6.45) is -4.23. The highest BCUT2D eigenvalue weighted by Crippen LogP contribution is 2.27. The first-order valence-corrected chi connectivity index (χ1v) is 8.31. The Balaban J connectivity index is 1.56. The van der Waals surface area contributed by atoms with Gasteiger partial charge in [0.15, 0.2) is 0 Å².